The van der Waals surface area contributed by atoms with Crippen LogP contribution in [0.4, 0.5) is 0 Å². The maximum atomic E-state index is 13.0. The molecule has 0 aliphatic rings. The van der Waals surface area contributed by atoms with Gasteiger partial charge in [0.25, 0.3) is 0 Å². The Morgan fingerprint density at radius 1 is 0.966 bits per heavy atom. The molecule has 1 N–H and O–H groups in total. The van der Waals surface area contributed by atoms with E-state index in [0.717, 1.165) is 19.3 Å². The molecule has 0 aliphatic carbocycles. The summed E-state index contributed by atoms with van der Waals surface area (Å²) in [5, 5.41) is 12.8. The predicted octanol–water partition coefficient (Wildman–Crippen LogP) is 6.14. The first-order valence-corrected chi connectivity index (χ1v) is 10.4. The Hall–Kier alpha value is -2.35. The third-order valence-electron chi connectivity index (χ3n) is 4.66. The minimum absolute atomic E-state index is 0.0371. The van der Waals surface area contributed by atoms with Gasteiger partial charge in [0.05, 0.1) is 6.07 Å². The highest BCUT2D eigenvalue weighted by Gasteiger charge is 2.24. The first-order valence-electron chi connectivity index (χ1n) is 9.65. The number of carbonyl (C=O) groups excluding carboxylic acids is 2. The summed E-state index contributed by atoms with van der Waals surface area (Å²) in [6.45, 7) is 1.89. The summed E-state index contributed by atoms with van der Waals surface area (Å²) in [5.74, 6) is -0.351. The van der Waals surface area contributed by atoms with E-state index in [0.29, 0.717) is 34.0 Å². The number of amides is 1. The van der Waals surface area contributed by atoms with Crippen LogP contribution in [-0.4, -0.2) is 11.7 Å². The quantitative estimate of drug-likeness (QED) is 0.363. The predicted molar refractivity (Wildman–Crippen MR) is 116 cm³/mol. The molecule has 0 radical (unpaired) electrons. The van der Waals surface area contributed by atoms with Gasteiger partial charge in [0.2, 0.25) is 5.91 Å². The number of hydrogen-bond acceptors (Lipinski definition) is 3. The summed E-state index contributed by atoms with van der Waals surface area (Å²) < 4.78 is 0. The van der Waals surface area contributed by atoms with E-state index in [9.17, 15) is 9.59 Å². The molecular formula is C23H24Cl2N2O2. The lowest BCUT2D eigenvalue weighted by molar-refractivity contribution is -0.121. The Bertz CT molecular complexity index is 858. The van der Waals surface area contributed by atoms with E-state index in [4.69, 9.17) is 28.5 Å². The Labute approximate surface area is 181 Å². The van der Waals surface area contributed by atoms with E-state index in [1.54, 1.807) is 48.5 Å². The maximum absolute atomic E-state index is 13.0. The second kappa shape index (κ2) is 11.6. The molecule has 6 heteroatoms. The summed E-state index contributed by atoms with van der Waals surface area (Å²) in [7, 11) is 0. The van der Waals surface area contributed by atoms with Crippen molar-refractivity contribution in [2.75, 3.05) is 0 Å². The number of carbonyl (C=O) groups is 2. The lowest BCUT2D eigenvalue weighted by atomic mass is 9.97. The molecule has 4 nitrogen and oxygen atoms in total. The van der Waals surface area contributed by atoms with Gasteiger partial charge in [0.1, 0.15) is 6.04 Å². The molecule has 2 atom stereocenters. The monoisotopic (exact) mass is 430 g/mol. The molecule has 0 fully saturated rings. The van der Waals surface area contributed by atoms with Crippen LogP contribution in [0.15, 0.2) is 48.5 Å². The number of benzene rings is 2. The molecule has 0 spiro atoms. The topological polar surface area (TPSA) is 70.0 Å². The third-order valence-corrected chi connectivity index (χ3v) is 5.16. The van der Waals surface area contributed by atoms with E-state index in [-0.39, 0.29) is 17.6 Å². The fraction of sp³-hybridized carbons (Fsp3) is 0.348. The maximum Gasteiger partial charge on any atom is 0.220 e. The lowest BCUT2D eigenvalue weighted by Gasteiger charge is -2.19. The molecule has 0 aliphatic heterocycles. The van der Waals surface area contributed by atoms with Crippen LogP contribution in [0.2, 0.25) is 10.0 Å². The average Bonchev–Trinajstić information content (AvgIpc) is 2.72. The van der Waals surface area contributed by atoms with Gasteiger partial charge in [-0.15, -0.1) is 0 Å². The van der Waals surface area contributed by atoms with Gasteiger partial charge >= 0.3 is 0 Å². The number of halogens is 2. The molecule has 2 aromatic rings. The van der Waals surface area contributed by atoms with Gasteiger partial charge in [-0.3, -0.25) is 9.59 Å². The molecule has 1 unspecified atom stereocenters. The van der Waals surface area contributed by atoms with Crippen molar-refractivity contribution in [3.63, 3.8) is 0 Å². The molecule has 2 rings (SSSR count). The van der Waals surface area contributed by atoms with Crippen LogP contribution in [-0.2, 0) is 4.79 Å². The molecule has 0 saturated heterocycles. The number of rotatable bonds is 10. The van der Waals surface area contributed by atoms with Gasteiger partial charge in [-0.1, -0.05) is 48.2 Å². The van der Waals surface area contributed by atoms with E-state index in [2.05, 4.69) is 11.4 Å². The van der Waals surface area contributed by atoms with E-state index < -0.39 is 6.04 Å². The van der Waals surface area contributed by atoms with Crippen molar-refractivity contribution in [3.8, 4) is 6.07 Å². The second-order valence-electron chi connectivity index (χ2n) is 7.05. The molecule has 0 heterocycles. The van der Waals surface area contributed by atoms with Crippen molar-refractivity contribution in [3.05, 3.63) is 69.7 Å². The van der Waals surface area contributed by atoms with Gasteiger partial charge in [-0.25, -0.2) is 0 Å². The SMILES string of the molecule is CC(C#N)CCCCCC(=O)N[C@H](C(=O)c1ccc(Cl)cc1)c1ccc(Cl)cc1. The molecule has 0 bridgehead atoms. The van der Waals surface area contributed by atoms with Gasteiger partial charge in [0, 0.05) is 27.9 Å². The minimum atomic E-state index is -0.792. The molecular weight excluding hydrogens is 407 g/mol. The summed E-state index contributed by atoms with van der Waals surface area (Å²) in [6, 6.07) is 14.9. The fourth-order valence-corrected chi connectivity index (χ4v) is 3.20. The minimum Gasteiger partial charge on any atom is -0.342 e. The van der Waals surface area contributed by atoms with Crippen molar-refractivity contribution in [1.29, 1.82) is 5.26 Å². The second-order valence-corrected chi connectivity index (χ2v) is 7.93. The van der Waals surface area contributed by atoms with Crippen molar-refractivity contribution in [2.24, 2.45) is 5.92 Å². The molecule has 0 saturated carbocycles. The zero-order valence-corrected chi connectivity index (χ0v) is 17.8. The Morgan fingerprint density at radius 2 is 1.55 bits per heavy atom. The lowest BCUT2D eigenvalue weighted by Crippen LogP contribution is -2.33. The highest BCUT2D eigenvalue weighted by atomic mass is 35.5. The largest absolute Gasteiger partial charge is 0.342 e. The number of unbranched alkanes of at least 4 members (excludes halogenated alkanes) is 2. The van der Waals surface area contributed by atoms with E-state index in [1.165, 1.54) is 0 Å². The van der Waals surface area contributed by atoms with Crippen molar-refractivity contribution >= 4 is 34.9 Å². The van der Waals surface area contributed by atoms with Crippen molar-refractivity contribution < 1.29 is 9.59 Å². The van der Waals surface area contributed by atoms with Crippen LogP contribution in [0, 0.1) is 17.2 Å². The van der Waals surface area contributed by atoms with Crippen LogP contribution < -0.4 is 5.32 Å². The number of ketones is 1. The molecule has 1 amide bonds. The summed E-state index contributed by atoms with van der Waals surface area (Å²) >= 11 is 11.9. The third kappa shape index (κ3) is 7.53. The van der Waals surface area contributed by atoms with Gasteiger partial charge in [-0.05, 0) is 61.7 Å². The highest BCUT2D eigenvalue weighted by Crippen LogP contribution is 2.22. The van der Waals surface area contributed by atoms with Crippen LogP contribution >= 0.6 is 23.2 Å². The number of nitrogens with one attached hydrogen (secondary N) is 1. The van der Waals surface area contributed by atoms with Crippen molar-refractivity contribution in [1.82, 2.24) is 5.32 Å². The van der Waals surface area contributed by atoms with Crippen LogP contribution in [0.5, 0.6) is 0 Å². The van der Waals surface area contributed by atoms with Gasteiger partial charge in [-0.2, -0.15) is 5.26 Å². The summed E-state index contributed by atoms with van der Waals surface area (Å²) in [6.07, 6.45) is 3.66. The Morgan fingerprint density at radius 3 is 2.14 bits per heavy atom. The zero-order valence-electron chi connectivity index (χ0n) is 16.3. The zero-order chi connectivity index (χ0) is 21.2. The number of nitrogens with zero attached hydrogens (tertiary/aromatic N) is 1. The molecule has 29 heavy (non-hydrogen) atoms. The van der Waals surface area contributed by atoms with Crippen molar-refractivity contribution in [2.45, 2.75) is 45.1 Å². The van der Waals surface area contributed by atoms with Gasteiger partial charge in [0.15, 0.2) is 5.78 Å². The van der Waals surface area contributed by atoms with E-state index in [1.807, 2.05) is 6.92 Å². The fourth-order valence-electron chi connectivity index (χ4n) is 2.95. The molecule has 152 valence electrons. The Kier molecular flexibility index (Phi) is 9.18. The number of Topliss-reactive ketones (excluding diaryl/α,β-unsaturated/α-hetero) is 1. The smallest absolute Gasteiger partial charge is 0.220 e. The number of hydrogen-bond donors (Lipinski definition) is 1. The van der Waals surface area contributed by atoms with E-state index >= 15 is 0 Å². The van der Waals surface area contributed by atoms with Crippen LogP contribution in [0.25, 0.3) is 0 Å². The first kappa shape index (κ1) is 22.9. The average molecular weight is 431 g/mol. The normalized spacial score (nSPS) is 12.6. The molecule has 2 aromatic carbocycles. The Balaban J connectivity index is 2.03. The highest BCUT2D eigenvalue weighted by molar-refractivity contribution is 6.31. The first-order chi connectivity index (χ1) is 13.9. The standard InChI is InChI=1S/C23H24Cl2N2O2/c1-16(15-26)5-3-2-4-6-21(28)27-22(17-7-11-19(24)12-8-17)23(29)18-9-13-20(25)14-10-18/h7-14,16,22H,2-6H2,1H3,(H,27,28)/t16?,22-/m0/s1. The number of nitriles is 1. The van der Waals surface area contributed by atoms with Crippen LogP contribution in [0.1, 0.15) is 61.0 Å². The van der Waals surface area contributed by atoms with Crippen LogP contribution in [0.3, 0.4) is 0 Å². The van der Waals surface area contributed by atoms with Gasteiger partial charge < -0.3 is 5.32 Å². The summed E-state index contributed by atoms with van der Waals surface area (Å²) in [5.41, 5.74) is 1.14. The molecule has 0 aromatic heterocycles. The summed E-state index contributed by atoms with van der Waals surface area (Å²) in [4.78, 5) is 25.5.